The zero-order valence-electron chi connectivity index (χ0n) is 10.1. The van der Waals surface area contributed by atoms with Gasteiger partial charge in [-0.15, -0.1) is 0 Å². The largest absolute Gasteiger partial charge is 0.463 e. The van der Waals surface area contributed by atoms with Crippen molar-refractivity contribution < 1.29 is 26.7 Å². The Labute approximate surface area is 102 Å². The number of alkyl halides is 5. The van der Waals surface area contributed by atoms with E-state index < -0.39 is 24.0 Å². The second kappa shape index (κ2) is 5.40. The van der Waals surface area contributed by atoms with E-state index in [-0.39, 0.29) is 6.54 Å². The first-order valence-electron chi connectivity index (χ1n) is 5.97. The number of amides is 1. The Kier molecular flexibility index (Phi) is 4.55. The van der Waals surface area contributed by atoms with Crippen LogP contribution in [-0.4, -0.2) is 35.5 Å². The molecule has 1 unspecified atom stereocenters. The Bertz CT molecular complexity index is 302. The van der Waals surface area contributed by atoms with Crippen LogP contribution in [0.4, 0.5) is 22.0 Å². The molecule has 0 aliphatic carbocycles. The zero-order valence-corrected chi connectivity index (χ0v) is 10.1. The van der Waals surface area contributed by atoms with E-state index in [2.05, 4.69) is 0 Å². The van der Waals surface area contributed by atoms with Gasteiger partial charge in [0.05, 0.1) is 0 Å². The first-order chi connectivity index (χ1) is 8.21. The molecule has 1 heterocycles. The lowest BCUT2D eigenvalue weighted by Crippen LogP contribution is -2.54. The summed E-state index contributed by atoms with van der Waals surface area (Å²) in [7, 11) is 0. The molecule has 0 radical (unpaired) electrons. The summed E-state index contributed by atoms with van der Waals surface area (Å²) < 4.78 is 62.6. The molecule has 1 aliphatic heterocycles. The van der Waals surface area contributed by atoms with E-state index in [0.717, 1.165) is 12.8 Å². The molecule has 1 fully saturated rings. The van der Waals surface area contributed by atoms with Gasteiger partial charge in [-0.2, -0.15) is 22.0 Å². The van der Waals surface area contributed by atoms with Crippen LogP contribution in [-0.2, 0) is 4.79 Å². The molecule has 2 nitrogen and oxygen atoms in total. The molecule has 0 bridgehead atoms. The second-order valence-corrected chi connectivity index (χ2v) is 4.48. The van der Waals surface area contributed by atoms with E-state index in [9.17, 15) is 26.7 Å². The van der Waals surface area contributed by atoms with E-state index in [1.165, 1.54) is 0 Å². The van der Waals surface area contributed by atoms with Crippen LogP contribution in [0.15, 0.2) is 0 Å². The van der Waals surface area contributed by atoms with E-state index in [4.69, 9.17) is 0 Å². The monoisotopic (exact) mass is 273 g/mol. The number of carbonyl (C=O) groups excluding carboxylic acids is 1. The summed E-state index contributed by atoms with van der Waals surface area (Å²) in [5.74, 6) is -7.39. The normalized spacial score (nSPS) is 22.8. The van der Waals surface area contributed by atoms with E-state index in [0.29, 0.717) is 24.2 Å². The summed E-state index contributed by atoms with van der Waals surface area (Å²) in [6.45, 7) is 1.66. The quantitative estimate of drug-likeness (QED) is 0.706. The third-order valence-corrected chi connectivity index (χ3v) is 3.23. The van der Waals surface area contributed by atoms with E-state index >= 15 is 0 Å². The molecule has 0 N–H and O–H groups in total. The standard InChI is InChI=1S/C11H16F5NO/c1-2-8-6-4-3-5-7-17(8)9(18)10(12,13)11(14,15)16/h8H,2-7H2,1H3. The smallest absolute Gasteiger partial charge is 0.334 e. The average Bonchev–Trinajstić information content (AvgIpc) is 2.50. The zero-order chi connectivity index (χ0) is 14.0. The molecule has 7 heteroatoms. The average molecular weight is 273 g/mol. The van der Waals surface area contributed by atoms with Gasteiger partial charge in [0.1, 0.15) is 0 Å². The van der Waals surface area contributed by atoms with Gasteiger partial charge in [-0.3, -0.25) is 4.79 Å². The molecule has 1 aliphatic rings. The maximum atomic E-state index is 13.0. The highest BCUT2D eigenvalue weighted by Crippen LogP contribution is 2.38. The van der Waals surface area contributed by atoms with Gasteiger partial charge in [0.2, 0.25) is 0 Å². The fraction of sp³-hybridized carbons (Fsp3) is 0.909. The summed E-state index contributed by atoms with van der Waals surface area (Å²) in [5, 5.41) is 0. The van der Waals surface area contributed by atoms with Crippen molar-refractivity contribution in [2.24, 2.45) is 0 Å². The summed E-state index contributed by atoms with van der Waals surface area (Å²) in [5.41, 5.74) is 0. The summed E-state index contributed by atoms with van der Waals surface area (Å²) in [6, 6.07) is -0.520. The van der Waals surface area contributed by atoms with Gasteiger partial charge in [-0.25, -0.2) is 0 Å². The van der Waals surface area contributed by atoms with Crippen LogP contribution in [0.1, 0.15) is 39.0 Å². The van der Waals surface area contributed by atoms with Gasteiger partial charge in [-0.05, 0) is 19.3 Å². The van der Waals surface area contributed by atoms with Gasteiger partial charge in [0.25, 0.3) is 0 Å². The highest BCUT2D eigenvalue weighted by molar-refractivity contribution is 5.84. The number of hydrogen-bond acceptors (Lipinski definition) is 1. The first kappa shape index (κ1) is 15.2. The minimum absolute atomic E-state index is 0.0248. The van der Waals surface area contributed by atoms with Crippen molar-refractivity contribution >= 4 is 5.91 Å². The SMILES string of the molecule is CCC1CCCCCN1C(=O)C(F)(F)C(F)(F)F. The van der Waals surface area contributed by atoms with Crippen LogP contribution in [0.3, 0.4) is 0 Å². The Morgan fingerprint density at radius 3 is 2.28 bits per heavy atom. The molecule has 0 aromatic carbocycles. The second-order valence-electron chi connectivity index (χ2n) is 4.48. The molecule has 0 spiro atoms. The molecule has 1 amide bonds. The Morgan fingerprint density at radius 1 is 1.17 bits per heavy atom. The molecular formula is C11H16F5NO. The third-order valence-electron chi connectivity index (χ3n) is 3.23. The van der Waals surface area contributed by atoms with Gasteiger partial charge in [0.15, 0.2) is 0 Å². The number of rotatable bonds is 2. The molecule has 1 saturated heterocycles. The van der Waals surface area contributed by atoms with Crippen molar-refractivity contribution in [2.45, 2.75) is 57.2 Å². The molecular weight excluding hydrogens is 257 g/mol. The van der Waals surface area contributed by atoms with Gasteiger partial charge in [-0.1, -0.05) is 19.8 Å². The molecule has 106 valence electrons. The third kappa shape index (κ3) is 2.92. The minimum atomic E-state index is -5.82. The van der Waals surface area contributed by atoms with Crippen LogP contribution in [0.2, 0.25) is 0 Å². The number of hydrogen-bond donors (Lipinski definition) is 0. The Balaban J connectivity index is 2.92. The van der Waals surface area contributed by atoms with Crippen molar-refractivity contribution in [1.82, 2.24) is 4.90 Å². The van der Waals surface area contributed by atoms with Crippen molar-refractivity contribution in [3.05, 3.63) is 0 Å². The Morgan fingerprint density at radius 2 is 1.78 bits per heavy atom. The highest BCUT2D eigenvalue weighted by Gasteiger charge is 2.65. The molecule has 1 atom stereocenters. The van der Waals surface area contributed by atoms with Crippen LogP contribution in [0, 0.1) is 0 Å². The summed E-state index contributed by atoms with van der Waals surface area (Å²) >= 11 is 0. The van der Waals surface area contributed by atoms with Gasteiger partial charge in [0, 0.05) is 12.6 Å². The lowest BCUT2D eigenvalue weighted by Gasteiger charge is -2.32. The fourth-order valence-corrected chi connectivity index (χ4v) is 2.17. The minimum Gasteiger partial charge on any atom is -0.334 e. The lowest BCUT2D eigenvalue weighted by atomic mass is 10.1. The fourth-order valence-electron chi connectivity index (χ4n) is 2.17. The maximum absolute atomic E-state index is 13.0. The molecule has 18 heavy (non-hydrogen) atoms. The first-order valence-corrected chi connectivity index (χ1v) is 5.97. The predicted octanol–water partition coefficient (Wildman–Crippen LogP) is 3.37. The number of nitrogens with zero attached hydrogens (tertiary/aromatic N) is 1. The number of likely N-dealkylation sites (tertiary alicyclic amines) is 1. The van der Waals surface area contributed by atoms with Crippen molar-refractivity contribution in [2.75, 3.05) is 6.54 Å². The predicted molar refractivity (Wildman–Crippen MR) is 55.3 cm³/mol. The van der Waals surface area contributed by atoms with E-state index in [1.807, 2.05) is 0 Å². The number of halogens is 5. The number of carbonyl (C=O) groups is 1. The molecule has 0 saturated carbocycles. The van der Waals surface area contributed by atoms with Crippen molar-refractivity contribution in [3.8, 4) is 0 Å². The molecule has 0 aromatic rings. The lowest BCUT2D eigenvalue weighted by molar-refractivity contribution is -0.275. The molecule has 0 aromatic heterocycles. The summed E-state index contributed by atoms with van der Waals surface area (Å²) in [4.78, 5) is 12.2. The molecule has 1 rings (SSSR count). The van der Waals surface area contributed by atoms with Crippen LogP contribution < -0.4 is 0 Å². The van der Waals surface area contributed by atoms with Crippen LogP contribution in [0.5, 0.6) is 0 Å². The van der Waals surface area contributed by atoms with Crippen LogP contribution >= 0.6 is 0 Å². The van der Waals surface area contributed by atoms with Crippen LogP contribution in [0.25, 0.3) is 0 Å². The van der Waals surface area contributed by atoms with Gasteiger partial charge < -0.3 is 4.90 Å². The van der Waals surface area contributed by atoms with Gasteiger partial charge >= 0.3 is 18.0 Å². The topological polar surface area (TPSA) is 20.3 Å². The summed E-state index contributed by atoms with van der Waals surface area (Å²) in [6.07, 6.45) is -2.99. The van der Waals surface area contributed by atoms with E-state index in [1.54, 1.807) is 6.92 Å². The van der Waals surface area contributed by atoms with Crippen molar-refractivity contribution in [1.29, 1.82) is 0 Å². The van der Waals surface area contributed by atoms with Crippen molar-refractivity contribution in [3.63, 3.8) is 0 Å². The Hall–Kier alpha value is -0.880. The maximum Gasteiger partial charge on any atom is 0.463 e. The highest BCUT2D eigenvalue weighted by atomic mass is 19.4.